The zero-order chi connectivity index (χ0) is 22.3. The second-order valence-corrected chi connectivity index (χ2v) is 7.22. The molecule has 2 N–H and O–H groups in total. The summed E-state index contributed by atoms with van der Waals surface area (Å²) < 4.78 is 7.53. The van der Waals surface area contributed by atoms with Crippen LogP contribution in [0.15, 0.2) is 103 Å². The summed E-state index contributed by atoms with van der Waals surface area (Å²) in [4.78, 5) is 17.1. The highest BCUT2D eigenvalue weighted by Gasteiger charge is 2.19. The quantitative estimate of drug-likeness (QED) is 0.217. The van der Waals surface area contributed by atoms with Crippen LogP contribution in [0.3, 0.4) is 0 Å². The minimum absolute atomic E-state index is 0.0413. The highest BCUT2D eigenvalue weighted by Crippen LogP contribution is 2.25. The van der Waals surface area contributed by atoms with E-state index in [4.69, 9.17) is 21.7 Å². The zero-order valence-corrected chi connectivity index (χ0v) is 17.7. The first kappa shape index (κ1) is 21.1. The van der Waals surface area contributed by atoms with E-state index in [-0.39, 0.29) is 11.5 Å². The van der Waals surface area contributed by atoms with Gasteiger partial charge >= 0.3 is 0 Å². The van der Waals surface area contributed by atoms with Gasteiger partial charge in [-0.15, -0.1) is 0 Å². The van der Waals surface area contributed by atoms with Crippen LogP contribution in [0.25, 0.3) is 16.8 Å². The molecule has 32 heavy (non-hydrogen) atoms. The van der Waals surface area contributed by atoms with Crippen molar-refractivity contribution >= 4 is 35.1 Å². The summed E-state index contributed by atoms with van der Waals surface area (Å²) in [7, 11) is 0. The molecule has 6 nitrogen and oxygen atoms in total. The summed E-state index contributed by atoms with van der Waals surface area (Å²) in [5.41, 5.74) is 2.89. The van der Waals surface area contributed by atoms with Gasteiger partial charge in [0.15, 0.2) is 0 Å². The van der Waals surface area contributed by atoms with E-state index in [1.54, 1.807) is 53.4 Å². The van der Waals surface area contributed by atoms with Crippen LogP contribution in [0.4, 0.5) is 5.69 Å². The smallest absolute Gasteiger partial charge is 0.293 e. The van der Waals surface area contributed by atoms with Gasteiger partial charge in [-0.25, -0.2) is 4.98 Å². The Bertz CT molecular complexity index is 1230. The van der Waals surface area contributed by atoms with Crippen molar-refractivity contribution in [3.05, 3.63) is 108 Å². The number of rotatable bonds is 7. The average Bonchev–Trinajstić information content (AvgIpc) is 3.36. The fourth-order valence-corrected chi connectivity index (χ4v) is 3.18. The topological polar surface area (TPSA) is 80.0 Å². The summed E-state index contributed by atoms with van der Waals surface area (Å²) >= 11 is 5.93. The number of allylic oxidation sites excluding steroid dienone is 1. The van der Waals surface area contributed by atoms with Gasteiger partial charge in [-0.3, -0.25) is 4.79 Å². The van der Waals surface area contributed by atoms with Gasteiger partial charge in [0.1, 0.15) is 11.4 Å². The lowest BCUT2D eigenvalue weighted by atomic mass is 10.1. The van der Waals surface area contributed by atoms with Crippen molar-refractivity contribution in [2.24, 2.45) is 0 Å². The molecule has 0 saturated carbocycles. The summed E-state index contributed by atoms with van der Waals surface area (Å²) in [6.45, 7) is 0. The summed E-state index contributed by atoms with van der Waals surface area (Å²) in [6.07, 6.45) is 5.75. The van der Waals surface area contributed by atoms with Crippen LogP contribution in [0, 0.1) is 5.41 Å². The summed E-state index contributed by atoms with van der Waals surface area (Å²) in [5.74, 6) is -0.0857. The van der Waals surface area contributed by atoms with Gasteiger partial charge in [-0.2, -0.15) is 0 Å². The normalized spacial score (nSPS) is 11.4. The lowest BCUT2D eigenvalue weighted by Gasteiger charge is -2.15. The number of amides is 1. The van der Waals surface area contributed by atoms with E-state index in [0.29, 0.717) is 16.5 Å². The molecule has 0 aliphatic rings. The number of aromatic nitrogens is 2. The molecule has 1 amide bonds. The van der Waals surface area contributed by atoms with E-state index in [1.807, 2.05) is 42.5 Å². The van der Waals surface area contributed by atoms with Crippen LogP contribution in [0.1, 0.15) is 0 Å². The van der Waals surface area contributed by atoms with E-state index in [0.717, 1.165) is 17.3 Å². The molecule has 4 aromatic rings. The molecule has 4 rings (SSSR count). The van der Waals surface area contributed by atoms with Gasteiger partial charge in [-0.1, -0.05) is 54.1 Å². The summed E-state index contributed by atoms with van der Waals surface area (Å²) in [6, 6.07) is 24.1. The van der Waals surface area contributed by atoms with E-state index < -0.39 is 5.91 Å². The van der Waals surface area contributed by atoms with Gasteiger partial charge in [-0.05, 0) is 47.5 Å². The number of nitrogens with zero attached hydrogens (tertiary/aromatic N) is 2. The standard InChI is InChI=1S/C25H19ClN4O2/c26-20-8-10-21(11-9-20)29-25(31)24(23(16-27)30-15-14-28-17-30)32-22-12-6-19(7-13-22)18-4-2-1-3-5-18/h1-17,27H,(H,29,31). The number of nitrogens with one attached hydrogen (secondary N) is 2. The second-order valence-electron chi connectivity index (χ2n) is 6.78. The molecule has 0 atom stereocenters. The monoisotopic (exact) mass is 442 g/mol. The van der Waals surface area contributed by atoms with Crippen LogP contribution in [-0.2, 0) is 4.79 Å². The predicted octanol–water partition coefficient (Wildman–Crippen LogP) is 5.74. The minimum atomic E-state index is -0.508. The van der Waals surface area contributed by atoms with E-state index in [2.05, 4.69) is 10.3 Å². The molecule has 158 valence electrons. The van der Waals surface area contributed by atoms with Crippen molar-refractivity contribution in [1.82, 2.24) is 9.55 Å². The van der Waals surface area contributed by atoms with Gasteiger partial charge in [0.2, 0.25) is 5.76 Å². The maximum atomic E-state index is 13.1. The number of ether oxygens (including phenoxy) is 1. The Balaban J connectivity index is 1.65. The maximum absolute atomic E-state index is 13.1. The molecule has 0 aliphatic carbocycles. The van der Waals surface area contributed by atoms with Crippen molar-refractivity contribution in [2.75, 3.05) is 5.32 Å². The number of anilines is 1. The molecule has 1 aromatic heterocycles. The molecule has 3 aromatic carbocycles. The molecule has 0 aliphatic heterocycles. The highest BCUT2D eigenvalue weighted by atomic mass is 35.5. The van der Waals surface area contributed by atoms with Crippen molar-refractivity contribution in [1.29, 1.82) is 5.41 Å². The van der Waals surface area contributed by atoms with Crippen LogP contribution >= 0.6 is 11.6 Å². The third-order valence-corrected chi connectivity index (χ3v) is 4.89. The minimum Gasteiger partial charge on any atom is -0.449 e. The molecule has 0 radical (unpaired) electrons. The lowest BCUT2D eigenvalue weighted by Crippen LogP contribution is -2.21. The number of carbonyl (C=O) groups is 1. The van der Waals surface area contributed by atoms with E-state index >= 15 is 0 Å². The van der Waals surface area contributed by atoms with Crippen LogP contribution in [-0.4, -0.2) is 21.7 Å². The molecule has 7 heteroatoms. The van der Waals surface area contributed by atoms with Gasteiger partial charge in [0.05, 0.1) is 6.33 Å². The predicted molar refractivity (Wildman–Crippen MR) is 127 cm³/mol. The van der Waals surface area contributed by atoms with Crippen molar-refractivity contribution in [3.63, 3.8) is 0 Å². The highest BCUT2D eigenvalue weighted by molar-refractivity contribution is 6.30. The number of hydrogen-bond acceptors (Lipinski definition) is 4. The van der Waals surface area contributed by atoms with Gasteiger partial charge in [0, 0.05) is 29.3 Å². The molecule has 0 bridgehead atoms. The largest absolute Gasteiger partial charge is 0.449 e. The number of imidazole rings is 1. The fourth-order valence-electron chi connectivity index (χ4n) is 3.06. The maximum Gasteiger partial charge on any atom is 0.293 e. The Morgan fingerprint density at radius 2 is 1.66 bits per heavy atom. The Morgan fingerprint density at radius 1 is 0.969 bits per heavy atom. The van der Waals surface area contributed by atoms with E-state index in [1.165, 1.54) is 6.33 Å². The number of hydrogen-bond donors (Lipinski definition) is 2. The van der Waals surface area contributed by atoms with Gasteiger partial charge in [0.25, 0.3) is 5.91 Å². The van der Waals surface area contributed by atoms with Crippen LogP contribution in [0.5, 0.6) is 5.75 Å². The van der Waals surface area contributed by atoms with Crippen LogP contribution < -0.4 is 10.1 Å². The van der Waals surface area contributed by atoms with Crippen molar-refractivity contribution in [3.8, 4) is 16.9 Å². The average molecular weight is 443 g/mol. The SMILES string of the molecule is N=CC(=C(Oc1ccc(-c2ccccc2)cc1)C(=O)Nc1ccc(Cl)cc1)n1ccnc1. The third-order valence-electron chi connectivity index (χ3n) is 4.64. The Morgan fingerprint density at radius 3 is 2.28 bits per heavy atom. The Labute approximate surface area is 190 Å². The first-order valence-corrected chi connectivity index (χ1v) is 10.1. The molecule has 0 spiro atoms. The molecule has 0 unspecified atom stereocenters. The first-order valence-electron chi connectivity index (χ1n) is 9.77. The fraction of sp³-hybridized carbons (Fsp3) is 0. The number of halogens is 1. The second kappa shape index (κ2) is 9.76. The molecular formula is C25H19ClN4O2. The zero-order valence-electron chi connectivity index (χ0n) is 16.9. The van der Waals surface area contributed by atoms with Crippen LogP contribution in [0.2, 0.25) is 5.02 Å². The molecule has 0 fully saturated rings. The third kappa shape index (κ3) is 4.94. The summed E-state index contributed by atoms with van der Waals surface area (Å²) in [5, 5.41) is 11.2. The van der Waals surface area contributed by atoms with Crippen molar-refractivity contribution in [2.45, 2.75) is 0 Å². The number of benzene rings is 3. The lowest BCUT2D eigenvalue weighted by molar-refractivity contribution is -0.114. The number of carbonyl (C=O) groups excluding carboxylic acids is 1. The van der Waals surface area contributed by atoms with E-state index in [9.17, 15) is 4.79 Å². The van der Waals surface area contributed by atoms with Crippen molar-refractivity contribution < 1.29 is 9.53 Å². The molecule has 1 heterocycles. The van der Waals surface area contributed by atoms with Gasteiger partial charge < -0.3 is 20.0 Å². The molecular weight excluding hydrogens is 424 g/mol. The first-order chi connectivity index (χ1) is 15.6. The Kier molecular flexibility index (Phi) is 6.43. The Hall–Kier alpha value is -4.16. The molecule has 0 saturated heterocycles.